The lowest BCUT2D eigenvalue weighted by molar-refractivity contribution is -0.135. The first-order valence-electron chi connectivity index (χ1n) is 8.79. The zero-order valence-electron chi connectivity index (χ0n) is 15.1. The molecule has 2 rings (SSSR count). The molecule has 1 aromatic carbocycles. The molecular weight excluding hydrogens is 302 g/mol. The summed E-state index contributed by atoms with van der Waals surface area (Å²) in [5, 5.41) is 6.48. The van der Waals surface area contributed by atoms with Crippen LogP contribution in [0, 0.1) is 5.92 Å². The van der Waals surface area contributed by atoms with Crippen LogP contribution >= 0.6 is 0 Å². The minimum Gasteiger partial charge on any atom is -0.342 e. The van der Waals surface area contributed by atoms with Crippen molar-refractivity contribution in [2.24, 2.45) is 5.92 Å². The van der Waals surface area contributed by atoms with E-state index in [0.29, 0.717) is 6.04 Å². The van der Waals surface area contributed by atoms with Gasteiger partial charge in [0.15, 0.2) is 0 Å². The maximum Gasteiger partial charge on any atom is 0.225 e. The van der Waals surface area contributed by atoms with Crippen molar-refractivity contribution in [2.75, 3.05) is 18.4 Å². The average Bonchev–Trinajstić information content (AvgIpc) is 2.54. The van der Waals surface area contributed by atoms with Gasteiger partial charge in [0.05, 0.1) is 0 Å². The summed E-state index contributed by atoms with van der Waals surface area (Å²) in [7, 11) is 0. The Balaban J connectivity index is 1.88. The van der Waals surface area contributed by atoms with Crippen LogP contribution < -0.4 is 10.6 Å². The van der Waals surface area contributed by atoms with Crippen LogP contribution in [0.15, 0.2) is 24.3 Å². The van der Waals surface area contributed by atoms with Gasteiger partial charge in [-0.1, -0.05) is 26.0 Å². The van der Waals surface area contributed by atoms with E-state index in [4.69, 9.17) is 0 Å². The van der Waals surface area contributed by atoms with Gasteiger partial charge >= 0.3 is 0 Å². The van der Waals surface area contributed by atoms with Gasteiger partial charge in [0.1, 0.15) is 0 Å². The normalized spacial score (nSPS) is 17.0. The van der Waals surface area contributed by atoms with Crippen molar-refractivity contribution in [1.82, 2.24) is 10.2 Å². The molecule has 1 aliphatic rings. The highest BCUT2D eigenvalue weighted by Crippen LogP contribution is 2.21. The number of hydrogen-bond donors (Lipinski definition) is 2. The zero-order valence-corrected chi connectivity index (χ0v) is 15.1. The van der Waals surface area contributed by atoms with E-state index in [0.717, 1.165) is 37.2 Å². The van der Waals surface area contributed by atoms with Crippen LogP contribution in [0.4, 0.5) is 5.69 Å². The zero-order chi connectivity index (χ0) is 17.7. The summed E-state index contributed by atoms with van der Waals surface area (Å²) in [6, 6.07) is 8.56. The molecule has 1 aliphatic heterocycles. The van der Waals surface area contributed by atoms with Gasteiger partial charge in [-0.3, -0.25) is 9.59 Å². The molecular formula is C19H29N3O2. The van der Waals surface area contributed by atoms with Crippen molar-refractivity contribution in [2.45, 2.75) is 52.6 Å². The van der Waals surface area contributed by atoms with E-state index in [2.05, 4.69) is 23.6 Å². The van der Waals surface area contributed by atoms with E-state index >= 15 is 0 Å². The summed E-state index contributed by atoms with van der Waals surface area (Å²) in [4.78, 5) is 25.2. The number of anilines is 1. The molecule has 2 amide bonds. The molecule has 24 heavy (non-hydrogen) atoms. The van der Waals surface area contributed by atoms with Crippen LogP contribution in [0.5, 0.6) is 0 Å². The molecule has 0 radical (unpaired) electrons. The topological polar surface area (TPSA) is 61.4 Å². The van der Waals surface area contributed by atoms with E-state index in [-0.39, 0.29) is 23.8 Å². The fraction of sp³-hybridized carbons (Fsp3) is 0.579. The number of nitrogens with one attached hydrogen (secondary N) is 2. The fourth-order valence-electron chi connectivity index (χ4n) is 3.17. The molecule has 1 heterocycles. The second-order valence-corrected chi connectivity index (χ2v) is 6.95. The number of carbonyl (C=O) groups excluding carboxylic acids is 2. The first kappa shape index (κ1) is 18.5. The monoisotopic (exact) mass is 331 g/mol. The van der Waals surface area contributed by atoms with Gasteiger partial charge in [0.2, 0.25) is 11.8 Å². The Hall–Kier alpha value is -1.88. The Kier molecular flexibility index (Phi) is 6.37. The summed E-state index contributed by atoms with van der Waals surface area (Å²) in [5.41, 5.74) is 1.98. The van der Waals surface area contributed by atoms with Crippen LogP contribution in [0.2, 0.25) is 0 Å². The van der Waals surface area contributed by atoms with E-state index in [1.807, 2.05) is 36.9 Å². The van der Waals surface area contributed by atoms with Crippen molar-refractivity contribution in [3.8, 4) is 0 Å². The molecule has 0 aliphatic carbocycles. The molecule has 0 bridgehead atoms. The Labute approximate surface area is 144 Å². The van der Waals surface area contributed by atoms with Gasteiger partial charge in [0.25, 0.3) is 0 Å². The minimum atomic E-state index is -0.0602. The molecule has 1 saturated heterocycles. The van der Waals surface area contributed by atoms with E-state index in [1.165, 1.54) is 6.92 Å². The lowest BCUT2D eigenvalue weighted by Crippen LogP contribution is -2.46. The molecule has 1 atom stereocenters. The SMILES string of the molecule is CC(=O)Nc1cccc(C(C)NC2CCN(C(=O)C(C)C)CC2)c1. The second kappa shape index (κ2) is 8.29. The maximum atomic E-state index is 12.0. The molecule has 0 spiro atoms. The van der Waals surface area contributed by atoms with Crippen molar-refractivity contribution in [3.05, 3.63) is 29.8 Å². The molecule has 1 unspecified atom stereocenters. The first-order chi connectivity index (χ1) is 11.4. The van der Waals surface area contributed by atoms with Crippen LogP contribution in [0.3, 0.4) is 0 Å². The molecule has 1 aromatic rings. The van der Waals surface area contributed by atoms with Crippen LogP contribution in [0.25, 0.3) is 0 Å². The third kappa shape index (κ3) is 5.06. The van der Waals surface area contributed by atoms with Crippen molar-refractivity contribution < 1.29 is 9.59 Å². The molecule has 5 nitrogen and oxygen atoms in total. The number of benzene rings is 1. The minimum absolute atomic E-state index is 0.0602. The van der Waals surface area contributed by atoms with E-state index in [1.54, 1.807) is 0 Å². The number of carbonyl (C=O) groups is 2. The summed E-state index contributed by atoms with van der Waals surface area (Å²) in [6.07, 6.45) is 1.96. The number of likely N-dealkylation sites (tertiary alicyclic amines) is 1. The van der Waals surface area contributed by atoms with Crippen molar-refractivity contribution in [3.63, 3.8) is 0 Å². The maximum absolute atomic E-state index is 12.0. The number of hydrogen-bond acceptors (Lipinski definition) is 3. The third-order valence-corrected chi connectivity index (χ3v) is 4.49. The second-order valence-electron chi connectivity index (χ2n) is 6.95. The molecule has 1 fully saturated rings. The quantitative estimate of drug-likeness (QED) is 0.872. The summed E-state index contributed by atoms with van der Waals surface area (Å²) in [6.45, 7) is 9.22. The lowest BCUT2D eigenvalue weighted by Gasteiger charge is -2.35. The predicted octanol–water partition coefficient (Wildman–Crippen LogP) is 2.94. The summed E-state index contributed by atoms with van der Waals surface area (Å²) in [5.74, 6) is 0.268. The van der Waals surface area contributed by atoms with E-state index < -0.39 is 0 Å². The van der Waals surface area contributed by atoms with Gasteiger partial charge in [-0.15, -0.1) is 0 Å². The van der Waals surface area contributed by atoms with Crippen molar-refractivity contribution in [1.29, 1.82) is 0 Å². The highest BCUT2D eigenvalue weighted by molar-refractivity contribution is 5.88. The molecule has 132 valence electrons. The lowest BCUT2D eigenvalue weighted by atomic mass is 10.0. The molecule has 5 heteroatoms. The number of amides is 2. The molecule has 2 N–H and O–H groups in total. The van der Waals surface area contributed by atoms with Crippen LogP contribution in [-0.2, 0) is 9.59 Å². The highest BCUT2D eigenvalue weighted by Gasteiger charge is 2.25. The first-order valence-corrected chi connectivity index (χ1v) is 8.79. The van der Waals surface area contributed by atoms with Gasteiger partial charge in [0, 0.05) is 43.7 Å². The van der Waals surface area contributed by atoms with Gasteiger partial charge in [-0.05, 0) is 37.5 Å². The summed E-state index contributed by atoms with van der Waals surface area (Å²) < 4.78 is 0. The van der Waals surface area contributed by atoms with E-state index in [9.17, 15) is 9.59 Å². The number of piperidine rings is 1. The Morgan fingerprint density at radius 1 is 1.17 bits per heavy atom. The number of rotatable bonds is 5. The van der Waals surface area contributed by atoms with Crippen LogP contribution in [0.1, 0.15) is 52.1 Å². The standard InChI is InChI=1S/C19H29N3O2/c1-13(2)19(24)22-10-8-17(9-11-22)20-14(3)16-6-5-7-18(12-16)21-15(4)23/h5-7,12-14,17,20H,8-11H2,1-4H3,(H,21,23). The Morgan fingerprint density at radius 3 is 2.42 bits per heavy atom. The fourth-order valence-corrected chi connectivity index (χ4v) is 3.17. The van der Waals surface area contributed by atoms with Crippen LogP contribution in [-0.4, -0.2) is 35.8 Å². The summed E-state index contributed by atoms with van der Waals surface area (Å²) >= 11 is 0. The molecule has 0 aromatic heterocycles. The Morgan fingerprint density at radius 2 is 1.83 bits per heavy atom. The number of nitrogens with zero attached hydrogens (tertiary/aromatic N) is 1. The smallest absolute Gasteiger partial charge is 0.225 e. The van der Waals surface area contributed by atoms with Crippen molar-refractivity contribution >= 4 is 17.5 Å². The van der Waals surface area contributed by atoms with Gasteiger partial charge in [-0.25, -0.2) is 0 Å². The van der Waals surface area contributed by atoms with Gasteiger partial charge < -0.3 is 15.5 Å². The largest absolute Gasteiger partial charge is 0.342 e. The molecule has 0 saturated carbocycles. The predicted molar refractivity (Wildman–Crippen MR) is 96.7 cm³/mol. The van der Waals surface area contributed by atoms with Gasteiger partial charge in [-0.2, -0.15) is 0 Å². The highest BCUT2D eigenvalue weighted by atomic mass is 16.2. The third-order valence-electron chi connectivity index (χ3n) is 4.49. The Bertz CT molecular complexity index is 578. The average molecular weight is 331 g/mol.